The van der Waals surface area contributed by atoms with Crippen LogP contribution >= 0.6 is 11.6 Å². The predicted molar refractivity (Wildman–Crippen MR) is 76.0 cm³/mol. The molecule has 1 atom stereocenters. The number of piperazine rings is 1. The van der Waals surface area contributed by atoms with Crippen molar-refractivity contribution in [1.29, 1.82) is 0 Å². The quantitative estimate of drug-likeness (QED) is 0.835. The van der Waals surface area contributed by atoms with Crippen LogP contribution in [0.25, 0.3) is 0 Å². The molecule has 0 spiro atoms. The molecule has 20 heavy (non-hydrogen) atoms. The Labute approximate surface area is 122 Å². The molecule has 2 N–H and O–H groups in total. The minimum absolute atomic E-state index is 0.0231. The summed E-state index contributed by atoms with van der Waals surface area (Å²) in [7, 11) is 0. The highest BCUT2D eigenvalue weighted by molar-refractivity contribution is 6.31. The number of halogens is 1. The summed E-state index contributed by atoms with van der Waals surface area (Å²) < 4.78 is 0. The zero-order valence-corrected chi connectivity index (χ0v) is 11.8. The standard InChI is InChI=1S/C14H16ClN3O2/c15-11-6-10(16)4-3-9(11)7-17-8-13(19)18-5-1-2-12(18)14(17)20/h3-4,6,12H,1-2,5,7-8,16H2. The molecule has 0 aliphatic carbocycles. The van der Waals surface area contributed by atoms with Crippen LogP contribution in [-0.4, -0.2) is 40.7 Å². The number of fused-ring (bicyclic) bond motifs is 1. The van der Waals surface area contributed by atoms with Gasteiger partial charge in [0.05, 0.1) is 0 Å². The number of nitrogens with zero attached hydrogens (tertiary/aromatic N) is 2. The van der Waals surface area contributed by atoms with Crippen LogP contribution < -0.4 is 5.73 Å². The van der Waals surface area contributed by atoms with E-state index >= 15 is 0 Å². The Balaban J connectivity index is 1.80. The number of carbonyl (C=O) groups is 2. The number of nitrogen functional groups attached to an aromatic ring is 1. The number of carbonyl (C=O) groups excluding carboxylic acids is 2. The van der Waals surface area contributed by atoms with Crippen LogP contribution in [0.5, 0.6) is 0 Å². The Kier molecular flexibility index (Phi) is 3.30. The van der Waals surface area contributed by atoms with E-state index in [1.807, 2.05) is 0 Å². The lowest BCUT2D eigenvalue weighted by Crippen LogP contribution is -2.56. The molecule has 2 heterocycles. The van der Waals surface area contributed by atoms with E-state index < -0.39 is 0 Å². The van der Waals surface area contributed by atoms with E-state index in [0.717, 1.165) is 18.4 Å². The third kappa shape index (κ3) is 2.22. The van der Waals surface area contributed by atoms with E-state index in [4.69, 9.17) is 17.3 Å². The fourth-order valence-corrected chi connectivity index (χ4v) is 3.14. The van der Waals surface area contributed by atoms with Gasteiger partial charge in [0, 0.05) is 23.8 Å². The molecule has 2 aliphatic rings. The SMILES string of the molecule is Nc1ccc(CN2CC(=O)N3CCCC3C2=O)c(Cl)c1. The normalized spacial score (nSPS) is 22.4. The van der Waals surface area contributed by atoms with Gasteiger partial charge < -0.3 is 15.5 Å². The molecule has 2 saturated heterocycles. The van der Waals surface area contributed by atoms with Gasteiger partial charge in [-0.2, -0.15) is 0 Å². The van der Waals surface area contributed by atoms with Crippen LogP contribution in [0, 0.1) is 0 Å². The molecular formula is C14H16ClN3O2. The van der Waals surface area contributed by atoms with Crippen molar-refractivity contribution in [2.75, 3.05) is 18.8 Å². The zero-order valence-electron chi connectivity index (χ0n) is 11.0. The summed E-state index contributed by atoms with van der Waals surface area (Å²) in [6.45, 7) is 1.19. The van der Waals surface area contributed by atoms with Gasteiger partial charge in [0.25, 0.3) is 0 Å². The third-order valence-corrected chi connectivity index (χ3v) is 4.29. The lowest BCUT2D eigenvalue weighted by molar-refractivity contribution is -0.154. The molecule has 3 rings (SSSR count). The summed E-state index contributed by atoms with van der Waals surface area (Å²) in [5, 5.41) is 0.527. The smallest absolute Gasteiger partial charge is 0.246 e. The van der Waals surface area contributed by atoms with E-state index in [1.54, 1.807) is 28.0 Å². The van der Waals surface area contributed by atoms with Crippen LogP contribution in [0.15, 0.2) is 18.2 Å². The van der Waals surface area contributed by atoms with Crippen molar-refractivity contribution < 1.29 is 9.59 Å². The van der Waals surface area contributed by atoms with Crippen molar-refractivity contribution in [1.82, 2.24) is 9.80 Å². The van der Waals surface area contributed by atoms with Crippen molar-refractivity contribution in [3.63, 3.8) is 0 Å². The van der Waals surface area contributed by atoms with Crippen molar-refractivity contribution >= 4 is 29.1 Å². The average Bonchev–Trinajstić information content (AvgIpc) is 2.88. The first-order valence-corrected chi connectivity index (χ1v) is 7.06. The van der Waals surface area contributed by atoms with Gasteiger partial charge in [0.2, 0.25) is 11.8 Å². The van der Waals surface area contributed by atoms with E-state index in [9.17, 15) is 9.59 Å². The number of rotatable bonds is 2. The summed E-state index contributed by atoms with van der Waals surface area (Å²) in [5.74, 6) is 0.0497. The number of hydrogen-bond donors (Lipinski definition) is 1. The number of anilines is 1. The maximum atomic E-state index is 12.4. The highest BCUT2D eigenvalue weighted by Crippen LogP contribution is 2.26. The topological polar surface area (TPSA) is 66.6 Å². The molecule has 1 aromatic rings. The molecule has 5 nitrogen and oxygen atoms in total. The monoisotopic (exact) mass is 293 g/mol. The van der Waals surface area contributed by atoms with Crippen LogP contribution in [-0.2, 0) is 16.1 Å². The first-order chi connectivity index (χ1) is 9.56. The van der Waals surface area contributed by atoms with Crippen molar-refractivity contribution in [3.8, 4) is 0 Å². The van der Waals surface area contributed by atoms with Crippen LogP contribution in [0.1, 0.15) is 18.4 Å². The molecular weight excluding hydrogens is 278 g/mol. The molecule has 0 bridgehead atoms. The minimum atomic E-state index is -0.274. The van der Waals surface area contributed by atoms with Crippen molar-refractivity contribution in [3.05, 3.63) is 28.8 Å². The Hall–Kier alpha value is -1.75. The molecule has 1 unspecified atom stereocenters. The second kappa shape index (κ2) is 4.98. The van der Waals surface area contributed by atoms with E-state index in [1.165, 1.54) is 0 Å². The Morgan fingerprint density at radius 2 is 2.15 bits per heavy atom. The van der Waals surface area contributed by atoms with Gasteiger partial charge >= 0.3 is 0 Å². The highest BCUT2D eigenvalue weighted by atomic mass is 35.5. The zero-order chi connectivity index (χ0) is 14.3. The molecule has 0 saturated carbocycles. The van der Waals surface area contributed by atoms with E-state index in [0.29, 0.717) is 23.8 Å². The van der Waals surface area contributed by atoms with Crippen LogP contribution in [0.3, 0.4) is 0 Å². The van der Waals surface area contributed by atoms with Crippen LogP contribution in [0.4, 0.5) is 5.69 Å². The lowest BCUT2D eigenvalue weighted by atomic mass is 10.1. The van der Waals surface area contributed by atoms with Crippen LogP contribution in [0.2, 0.25) is 5.02 Å². The fraction of sp³-hybridized carbons (Fsp3) is 0.429. The summed E-state index contributed by atoms with van der Waals surface area (Å²) in [6.07, 6.45) is 1.66. The minimum Gasteiger partial charge on any atom is -0.399 e. The molecule has 2 amide bonds. The van der Waals surface area contributed by atoms with Gasteiger partial charge in [-0.3, -0.25) is 9.59 Å². The fourth-order valence-electron chi connectivity index (χ4n) is 2.90. The molecule has 2 aliphatic heterocycles. The molecule has 6 heteroatoms. The molecule has 1 aromatic carbocycles. The summed E-state index contributed by atoms with van der Waals surface area (Å²) in [6, 6.07) is 4.94. The lowest BCUT2D eigenvalue weighted by Gasteiger charge is -2.36. The third-order valence-electron chi connectivity index (χ3n) is 3.93. The number of amides is 2. The molecule has 0 aromatic heterocycles. The number of hydrogen-bond acceptors (Lipinski definition) is 3. The Bertz CT molecular complexity index is 576. The first-order valence-electron chi connectivity index (χ1n) is 6.68. The number of benzene rings is 1. The molecule has 0 radical (unpaired) electrons. The van der Waals surface area contributed by atoms with E-state index in [-0.39, 0.29) is 24.4 Å². The van der Waals surface area contributed by atoms with E-state index in [2.05, 4.69) is 0 Å². The summed E-state index contributed by atoms with van der Waals surface area (Å²) >= 11 is 6.13. The Morgan fingerprint density at radius 3 is 2.90 bits per heavy atom. The summed E-state index contributed by atoms with van der Waals surface area (Å²) in [4.78, 5) is 27.7. The average molecular weight is 294 g/mol. The number of nitrogens with two attached hydrogens (primary N) is 1. The van der Waals surface area contributed by atoms with Gasteiger partial charge in [0.1, 0.15) is 12.6 Å². The second-order valence-corrected chi connectivity index (χ2v) is 5.70. The summed E-state index contributed by atoms with van der Waals surface area (Å²) in [5.41, 5.74) is 7.05. The van der Waals surface area contributed by atoms with Gasteiger partial charge in [-0.15, -0.1) is 0 Å². The van der Waals surface area contributed by atoms with Crippen molar-refractivity contribution in [2.45, 2.75) is 25.4 Å². The van der Waals surface area contributed by atoms with Gasteiger partial charge in [-0.05, 0) is 30.5 Å². The van der Waals surface area contributed by atoms with Crippen molar-refractivity contribution in [2.24, 2.45) is 0 Å². The molecule has 2 fully saturated rings. The van der Waals surface area contributed by atoms with Gasteiger partial charge in [-0.1, -0.05) is 17.7 Å². The highest BCUT2D eigenvalue weighted by Gasteiger charge is 2.41. The maximum absolute atomic E-state index is 12.4. The second-order valence-electron chi connectivity index (χ2n) is 5.29. The van der Waals surface area contributed by atoms with Gasteiger partial charge in [-0.25, -0.2) is 0 Å². The largest absolute Gasteiger partial charge is 0.399 e. The molecule has 106 valence electrons. The van der Waals surface area contributed by atoms with Gasteiger partial charge in [0.15, 0.2) is 0 Å². The first kappa shape index (κ1) is 13.2. The predicted octanol–water partition coefficient (Wildman–Crippen LogP) is 1.26. The Morgan fingerprint density at radius 1 is 1.35 bits per heavy atom. The maximum Gasteiger partial charge on any atom is 0.246 e.